The number of hydrogen-bond donors (Lipinski definition) is 1. The van der Waals surface area contributed by atoms with Crippen molar-refractivity contribution in [3.8, 4) is 11.1 Å². The molecule has 2 amide bonds. The van der Waals surface area contributed by atoms with E-state index >= 15 is 0 Å². The Morgan fingerprint density at radius 2 is 1.71 bits per heavy atom. The molecule has 1 aliphatic carbocycles. The molecule has 0 unspecified atom stereocenters. The molecular formula is C31H32BrN7O3. The first-order valence-electron chi connectivity index (χ1n) is 13.9. The van der Waals surface area contributed by atoms with Crippen molar-refractivity contribution in [3.63, 3.8) is 0 Å². The molecule has 1 aromatic carbocycles. The van der Waals surface area contributed by atoms with E-state index in [0.29, 0.717) is 39.3 Å². The van der Waals surface area contributed by atoms with Crippen molar-refractivity contribution in [3.05, 3.63) is 63.4 Å². The van der Waals surface area contributed by atoms with E-state index in [4.69, 9.17) is 0 Å². The molecule has 11 heteroatoms. The van der Waals surface area contributed by atoms with Gasteiger partial charge >= 0.3 is 0 Å². The van der Waals surface area contributed by atoms with Gasteiger partial charge in [-0.25, -0.2) is 15.0 Å². The molecule has 216 valence electrons. The van der Waals surface area contributed by atoms with Gasteiger partial charge in [0, 0.05) is 36.3 Å². The number of rotatable bonds is 6. The number of nitrogens with one attached hydrogen (secondary N) is 1. The second kappa shape index (κ2) is 10.1. The van der Waals surface area contributed by atoms with Gasteiger partial charge in [0.1, 0.15) is 34.5 Å². The number of anilines is 1. The van der Waals surface area contributed by atoms with E-state index in [1.807, 2.05) is 45.9 Å². The summed E-state index contributed by atoms with van der Waals surface area (Å²) >= 11 is 3.44. The number of piperidine rings is 1. The van der Waals surface area contributed by atoms with Crippen LogP contribution in [0.25, 0.3) is 22.0 Å². The molecule has 2 aliphatic rings. The molecule has 0 radical (unpaired) electrons. The maximum absolute atomic E-state index is 13.9. The minimum Gasteiger partial charge on any atom is -0.325 e. The Bertz CT molecular complexity index is 1800. The highest BCUT2D eigenvalue weighted by Gasteiger charge is 2.64. The number of benzene rings is 1. The lowest BCUT2D eigenvalue weighted by Crippen LogP contribution is -2.47. The van der Waals surface area contributed by atoms with Crippen LogP contribution >= 0.6 is 15.9 Å². The van der Waals surface area contributed by atoms with Crippen LogP contribution in [0.4, 0.5) is 5.82 Å². The SMILES string of the molecule is CC(=O)c1nn(CC(=O)N2[C@H](C(=O)Nc3nc(Br)c(C)cc3C)C[C@@]3(C)C[C@@H]23)c2c(C)cc(-c3cnc(C)nc3)cc12. The fourth-order valence-corrected chi connectivity index (χ4v) is 6.53. The Kier molecular flexibility index (Phi) is 6.75. The van der Waals surface area contributed by atoms with Gasteiger partial charge in [-0.1, -0.05) is 13.0 Å². The molecule has 6 rings (SSSR count). The van der Waals surface area contributed by atoms with Crippen LogP contribution in [0.1, 0.15) is 59.7 Å². The Morgan fingerprint density at radius 3 is 2.40 bits per heavy atom. The van der Waals surface area contributed by atoms with Crippen molar-refractivity contribution in [2.24, 2.45) is 5.41 Å². The second-order valence-electron chi connectivity index (χ2n) is 11.9. The Morgan fingerprint density at radius 1 is 1.00 bits per heavy atom. The highest BCUT2D eigenvalue weighted by atomic mass is 79.9. The molecule has 3 atom stereocenters. The smallest absolute Gasteiger partial charge is 0.248 e. The lowest BCUT2D eigenvalue weighted by molar-refractivity contribution is -0.138. The molecular weight excluding hydrogens is 598 g/mol. The minimum atomic E-state index is -0.620. The summed E-state index contributed by atoms with van der Waals surface area (Å²) in [5.41, 5.74) is 5.31. The topological polar surface area (TPSA) is 123 Å². The van der Waals surface area contributed by atoms with E-state index in [-0.39, 0.29) is 35.6 Å². The molecule has 0 spiro atoms. The number of fused-ring (bicyclic) bond motifs is 2. The first-order valence-corrected chi connectivity index (χ1v) is 14.7. The highest BCUT2D eigenvalue weighted by molar-refractivity contribution is 9.10. The molecule has 42 heavy (non-hydrogen) atoms. The molecule has 3 aromatic heterocycles. The molecule has 10 nitrogen and oxygen atoms in total. The number of aromatic nitrogens is 5. The van der Waals surface area contributed by atoms with Crippen LogP contribution in [0.2, 0.25) is 0 Å². The lowest BCUT2D eigenvalue weighted by atomic mass is 10.0. The second-order valence-corrected chi connectivity index (χ2v) is 12.7. The van der Waals surface area contributed by atoms with Crippen molar-refractivity contribution in [1.29, 1.82) is 0 Å². The van der Waals surface area contributed by atoms with Crippen molar-refractivity contribution in [2.75, 3.05) is 5.32 Å². The van der Waals surface area contributed by atoms with Gasteiger partial charge in [0.25, 0.3) is 0 Å². The number of hydrogen-bond acceptors (Lipinski definition) is 7. The molecule has 4 aromatic rings. The van der Waals surface area contributed by atoms with Crippen molar-refractivity contribution >= 4 is 50.2 Å². The Labute approximate surface area is 252 Å². The highest BCUT2D eigenvalue weighted by Crippen LogP contribution is 2.59. The summed E-state index contributed by atoms with van der Waals surface area (Å²) < 4.78 is 2.27. The number of carbonyl (C=O) groups excluding carboxylic acids is 3. The largest absolute Gasteiger partial charge is 0.325 e. The Hall–Kier alpha value is -3.99. The standard InChI is InChI=1S/C31H32BrN7O3/c1-15-8-20(21-12-33-19(5)34-13-21)9-22-26(18(4)40)37-38(27(15)22)14-25(41)39-23(10-31(6)11-24(31)39)30(42)36-29-17(3)7-16(2)28(32)35-29/h7-9,12-13,23-24H,10-11,14H2,1-6H3,(H,35,36,42)/t23-,24+,31-/m0/s1. The summed E-state index contributed by atoms with van der Waals surface area (Å²) in [6.07, 6.45) is 4.94. The Balaban J connectivity index is 1.31. The third kappa shape index (κ3) is 4.79. The summed E-state index contributed by atoms with van der Waals surface area (Å²) in [5.74, 6) is 0.504. The molecule has 1 saturated heterocycles. The number of Topliss-reactive ketones (excluding diaryl/α,β-unsaturated/α-hetero) is 1. The minimum absolute atomic E-state index is 0.0112. The number of amides is 2. The van der Waals surface area contributed by atoms with Crippen LogP contribution in [-0.2, 0) is 16.1 Å². The summed E-state index contributed by atoms with van der Waals surface area (Å²) in [5, 5.41) is 8.24. The van der Waals surface area contributed by atoms with Gasteiger partial charge in [0.05, 0.1) is 5.52 Å². The zero-order valence-corrected chi connectivity index (χ0v) is 26.0. The predicted molar refractivity (Wildman–Crippen MR) is 162 cm³/mol. The number of likely N-dealkylation sites (tertiary alicyclic amines) is 1. The van der Waals surface area contributed by atoms with E-state index in [0.717, 1.165) is 34.2 Å². The van der Waals surface area contributed by atoms with Crippen molar-refractivity contribution in [2.45, 2.75) is 73.0 Å². The van der Waals surface area contributed by atoms with Gasteiger partial charge in [-0.3, -0.25) is 19.1 Å². The van der Waals surface area contributed by atoms with Crippen molar-refractivity contribution in [1.82, 2.24) is 29.6 Å². The van der Waals surface area contributed by atoms with Crippen LogP contribution in [0.15, 0.2) is 35.2 Å². The first-order chi connectivity index (χ1) is 19.9. The van der Waals surface area contributed by atoms with Crippen LogP contribution in [0.3, 0.4) is 0 Å². The fourth-order valence-electron chi connectivity index (χ4n) is 6.23. The van der Waals surface area contributed by atoms with E-state index < -0.39 is 6.04 Å². The molecule has 4 heterocycles. The number of halogens is 1. The zero-order chi connectivity index (χ0) is 30.1. The predicted octanol–water partition coefficient (Wildman–Crippen LogP) is 5.11. The average molecular weight is 631 g/mol. The van der Waals surface area contributed by atoms with Gasteiger partial charge < -0.3 is 10.2 Å². The maximum Gasteiger partial charge on any atom is 0.248 e. The number of pyridine rings is 1. The summed E-state index contributed by atoms with van der Waals surface area (Å²) in [4.78, 5) is 55.0. The van der Waals surface area contributed by atoms with E-state index in [2.05, 4.69) is 48.2 Å². The van der Waals surface area contributed by atoms with Crippen LogP contribution in [-0.4, -0.2) is 59.3 Å². The normalized spacial score (nSPS) is 21.0. The molecule has 2 fully saturated rings. The van der Waals surface area contributed by atoms with Crippen LogP contribution in [0.5, 0.6) is 0 Å². The van der Waals surface area contributed by atoms with Gasteiger partial charge in [0.2, 0.25) is 11.8 Å². The molecule has 1 aliphatic heterocycles. The lowest BCUT2D eigenvalue weighted by Gasteiger charge is -2.27. The van der Waals surface area contributed by atoms with Gasteiger partial charge in [-0.05, 0) is 96.3 Å². The van der Waals surface area contributed by atoms with E-state index in [9.17, 15) is 14.4 Å². The van der Waals surface area contributed by atoms with Crippen LogP contribution in [0, 0.1) is 33.1 Å². The molecule has 0 bridgehead atoms. The quantitative estimate of drug-likeness (QED) is 0.232. The molecule has 1 saturated carbocycles. The van der Waals surface area contributed by atoms with Gasteiger partial charge in [-0.15, -0.1) is 0 Å². The number of ketones is 1. The van der Waals surface area contributed by atoms with Crippen LogP contribution < -0.4 is 5.32 Å². The zero-order valence-electron chi connectivity index (χ0n) is 24.4. The first kappa shape index (κ1) is 28.1. The maximum atomic E-state index is 13.9. The monoisotopic (exact) mass is 629 g/mol. The number of nitrogens with zero attached hydrogens (tertiary/aromatic N) is 6. The fraction of sp³-hybridized carbons (Fsp3) is 0.387. The van der Waals surface area contributed by atoms with Gasteiger partial charge in [-0.2, -0.15) is 5.10 Å². The number of aryl methyl sites for hydroxylation is 4. The summed E-state index contributed by atoms with van der Waals surface area (Å²) in [6, 6.07) is 5.22. The van der Waals surface area contributed by atoms with Gasteiger partial charge in [0.15, 0.2) is 5.78 Å². The third-order valence-corrected chi connectivity index (χ3v) is 9.38. The van der Waals surface area contributed by atoms with Crippen molar-refractivity contribution < 1.29 is 14.4 Å². The molecule has 1 N–H and O–H groups in total. The van der Waals surface area contributed by atoms with E-state index in [1.54, 1.807) is 22.0 Å². The van der Waals surface area contributed by atoms with E-state index in [1.165, 1.54) is 6.92 Å². The summed E-state index contributed by atoms with van der Waals surface area (Å²) in [7, 11) is 0. The third-order valence-electron chi connectivity index (χ3n) is 8.58. The number of carbonyl (C=O) groups is 3. The summed E-state index contributed by atoms with van der Waals surface area (Å²) in [6.45, 7) is 11.1. The average Bonchev–Trinajstić information content (AvgIpc) is 3.28.